The number of nitrogens with two attached hydrogens (primary N) is 1. The van der Waals surface area contributed by atoms with E-state index in [4.69, 9.17) is 4.74 Å². The van der Waals surface area contributed by atoms with Crippen LogP contribution in [0.15, 0.2) is 65.7 Å². The molecule has 6 heteroatoms. The lowest BCUT2D eigenvalue weighted by atomic mass is 9.85. The van der Waals surface area contributed by atoms with Crippen LogP contribution >= 0.6 is 0 Å². The summed E-state index contributed by atoms with van der Waals surface area (Å²) in [4.78, 5) is 37.3. The molecule has 0 amide bonds. The summed E-state index contributed by atoms with van der Waals surface area (Å²) >= 11 is 0. The van der Waals surface area contributed by atoms with E-state index in [9.17, 15) is 19.5 Å². The number of ether oxygens (including phenoxy) is 1. The van der Waals surface area contributed by atoms with Crippen molar-refractivity contribution in [3.05, 3.63) is 87.9 Å². The molecule has 180 valence electrons. The Balaban J connectivity index is 1.66. The van der Waals surface area contributed by atoms with Gasteiger partial charge in [0.05, 0.1) is 12.6 Å². The summed E-state index contributed by atoms with van der Waals surface area (Å²) in [6.45, 7) is 12.0. The van der Waals surface area contributed by atoms with Crippen LogP contribution in [0.4, 0.5) is 0 Å². The molecule has 2 N–H and O–H groups in total. The lowest BCUT2D eigenvalue weighted by molar-refractivity contribution is -0.654. The molecule has 0 aromatic heterocycles. The molecular weight excluding hydrogens is 442 g/mol. The van der Waals surface area contributed by atoms with Crippen LogP contribution in [0.5, 0.6) is 0 Å². The summed E-state index contributed by atoms with van der Waals surface area (Å²) in [5.74, 6) is -1.45. The quantitative estimate of drug-likeness (QED) is 0.515. The first-order chi connectivity index (χ1) is 16.5. The molecule has 0 aromatic carbocycles. The number of hydrogen-bond acceptors (Lipinski definition) is 5. The summed E-state index contributed by atoms with van der Waals surface area (Å²) in [6.07, 6.45) is 2.85. The van der Waals surface area contributed by atoms with Gasteiger partial charge in [0.2, 0.25) is 17.7 Å². The lowest BCUT2D eigenvalue weighted by Gasteiger charge is -2.33. The minimum atomic E-state index is -1.13. The smallest absolute Gasteiger partial charge is 0.219 e. The second kappa shape index (κ2) is 9.12. The Labute approximate surface area is 205 Å². The van der Waals surface area contributed by atoms with Gasteiger partial charge in [-0.2, -0.15) is 0 Å². The average molecular weight is 472 g/mol. The molecule has 0 spiro atoms. The first-order valence-corrected chi connectivity index (χ1v) is 11.7. The number of likely N-dealkylation sites (N-methyl/N-ethyl adjacent to an activating group) is 1. The molecule has 4 aliphatic carbocycles. The standard InChI is InChI=1S/C29H29NO5/c1-14(2)18-8-7-15(3)24-19(11-16(4)20(24)12-18)13-21-27(33)25(28(21)34)17(5)35-29-23(32)10-9-22(31)26(29)30-6/h7-14,26,29-30,33H,5H2,1-4,6H3/b21-13-. The van der Waals surface area contributed by atoms with E-state index in [-0.39, 0.29) is 22.7 Å². The summed E-state index contributed by atoms with van der Waals surface area (Å²) in [7, 11) is 1.65. The number of allylic oxidation sites excluding steroid dienone is 2. The normalized spacial score (nSPS) is 21.3. The third-order valence-corrected chi connectivity index (χ3v) is 6.75. The molecule has 0 saturated carbocycles. The van der Waals surface area contributed by atoms with Crippen molar-refractivity contribution in [2.75, 3.05) is 7.05 Å². The van der Waals surface area contributed by atoms with Gasteiger partial charge >= 0.3 is 0 Å². The maximum absolute atomic E-state index is 12.9. The highest BCUT2D eigenvalue weighted by Crippen LogP contribution is 2.40. The molecular formula is C29H29NO5. The fraction of sp³-hybridized carbons (Fsp3) is 0.276. The Bertz CT molecular complexity index is 1340. The van der Waals surface area contributed by atoms with Gasteiger partial charge in [-0.3, -0.25) is 14.4 Å². The first-order valence-electron chi connectivity index (χ1n) is 11.7. The van der Waals surface area contributed by atoms with Crippen LogP contribution in [0.25, 0.3) is 17.2 Å². The molecule has 4 rings (SSSR count). The van der Waals surface area contributed by atoms with E-state index in [2.05, 4.69) is 38.6 Å². The Hall–Kier alpha value is -3.77. The van der Waals surface area contributed by atoms with Crippen molar-refractivity contribution < 1.29 is 29.5 Å². The van der Waals surface area contributed by atoms with E-state index < -0.39 is 29.5 Å². The number of fused-ring (bicyclic) bond motifs is 1. The molecule has 0 saturated heterocycles. The Morgan fingerprint density at radius 3 is 2.40 bits per heavy atom. The minimum absolute atomic E-state index is 0.0520. The van der Waals surface area contributed by atoms with Crippen molar-refractivity contribution in [1.29, 1.82) is 0 Å². The molecule has 4 aliphatic rings. The van der Waals surface area contributed by atoms with E-state index in [1.165, 1.54) is 11.6 Å². The van der Waals surface area contributed by atoms with Crippen LogP contribution in [0.2, 0.25) is 0 Å². The number of aryl methyl sites for hydroxylation is 2. The number of quaternary nitrogens is 1. The predicted molar refractivity (Wildman–Crippen MR) is 131 cm³/mol. The summed E-state index contributed by atoms with van der Waals surface area (Å²) < 4.78 is 5.61. The molecule has 35 heavy (non-hydrogen) atoms. The van der Waals surface area contributed by atoms with Crippen molar-refractivity contribution in [2.45, 2.75) is 45.8 Å². The molecule has 0 heterocycles. The number of hydrogen-bond donors (Lipinski definition) is 1. The van der Waals surface area contributed by atoms with Gasteiger partial charge in [-0.05, 0) is 71.4 Å². The van der Waals surface area contributed by atoms with Gasteiger partial charge < -0.3 is 15.2 Å². The molecule has 0 aliphatic heterocycles. The van der Waals surface area contributed by atoms with E-state index in [1.807, 2.05) is 19.9 Å². The van der Waals surface area contributed by atoms with Crippen molar-refractivity contribution in [2.24, 2.45) is 0 Å². The average Bonchev–Trinajstić information content (AvgIpc) is 2.99. The summed E-state index contributed by atoms with van der Waals surface area (Å²) in [6, 6.07) is 7.54. The van der Waals surface area contributed by atoms with Gasteiger partial charge in [0.1, 0.15) is 5.76 Å². The van der Waals surface area contributed by atoms with Crippen molar-refractivity contribution in [3.63, 3.8) is 0 Å². The number of rotatable bonds is 6. The summed E-state index contributed by atoms with van der Waals surface area (Å²) in [5.41, 5.74) is 6.11. The molecule has 0 bridgehead atoms. The highest BCUT2D eigenvalue weighted by Gasteiger charge is 2.41. The SMILES string of the molecule is C=C(OC1C(=O)C=CC(=O)C1[NH2+]C)C1=C([O-])/C(=C/c2cc(C)c3cc(C(C)C)ccc(C)c2-3)C1=O. The second-order valence-corrected chi connectivity index (χ2v) is 9.44. The van der Waals surface area contributed by atoms with E-state index in [0.717, 1.165) is 33.9 Å². The second-order valence-electron chi connectivity index (χ2n) is 9.44. The highest BCUT2D eigenvalue weighted by atomic mass is 16.5. The van der Waals surface area contributed by atoms with E-state index in [1.54, 1.807) is 18.4 Å². The number of Topliss-reactive ketones (excluding diaryl/α,β-unsaturated/α-hetero) is 1. The highest BCUT2D eigenvalue weighted by molar-refractivity contribution is 6.24. The lowest BCUT2D eigenvalue weighted by Crippen LogP contribution is -2.92. The van der Waals surface area contributed by atoms with Gasteiger partial charge in [0.15, 0.2) is 11.8 Å². The molecule has 0 radical (unpaired) electrons. The zero-order chi connectivity index (χ0) is 25.6. The van der Waals surface area contributed by atoms with Crippen LogP contribution < -0.4 is 10.4 Å². The fourth-order valence-electron chi connectivity index (χ4n) is 4.69. The van der Waals surface area contributed by atoms with Gasteiger partial charge in [-0.25, -0.2) is 0 Å². The van der Waals surface area contributed by atoms with E-state index >= 15 is 0 Å². The van der Waals surface area contributed by atoms with Crippen molar-refractivity contribution in [3.8, 4) is 11.1 Å². The number of carbonyl (C=O) groups excluding carboxylic acids is 3. The largest absolute Gasteiger partial charge is 0.871 e. The number of carbonyl (C=O) groups is 3. The van der Waals surface area contributed by atoms with Gasteiger partial charge in [-0.1, -0.05) is 50.5 Å². The van der Waals surface area contributed by atoms with Crippen molar-refractivity contribution in [1.82, 2.24) is 0 Å². The predicted octanol–water partition coefficient (Wildman–Crippen LogP) is 2.28. The Morgan fingerprint density at radius 1 is 1.09 bits per heavy atom. The molecule has 0 fully saturated rings. The van der Waals surface area contributed by atoms with E-state index in [0.29, 0.717) is 5.92 Å². The van der Waals surface area contributed by atoms with Crippen LogP contribution in [0.1, 0.15) is 42.0 Å². The minimum Gasteiger partial charge on any atom is -0.871 e. The third kappa shape index (κ3) is 4.15. The van der Waals surface area contributed by atoms with Gasteiger partial charge in [-0.15, -0.1) is 0 Å². The van der Waals surface area contributed by atoms with Crippen LogP contribution in [0.3, 0.4) is 0 Å². The summed E-state index contributed by atoms with van der Waals surface area (Å²) in [5, 5.41) is 14.5. The maximum Gasteiger partial charge on any atom is 0.219 e. The zero-order valence-electron chi connectivity index (χ0n) is 20.6. The van der Waals surface area contributed by atoms with Crippen LogP contribution in [-0.2, 0) is 19.1 Å². The Morgan fingerprint density at radius 2 is 1.77 bits per heavy atom. The molecule has 2 unspecified atom stereocenters. The first kappa shape index (κ1) is 24.4. The third-order valence-electron chi connectivity index (χ3n) is 6.75. The van der Waals surface area contributed by atoms with Crippen LogP contribution in [0, 0.1) is 13.8 Å². The van der Waals surface area contributed by atoms with Crippen molar-refractivity contribution >= 4 is 23.4 Å². The Kier molecular flexibility index (Phi) is 6.34. The van der Waals surface area contributed by atoms with Gasteiger partial charge in [0.25, 0.3) is 0 Å². The van der Waals surface area contributed by atoms with Crippen LogP contribution in [-0.4, -0.2) is 36.5 Å². The number of ketones is 3. The monoisotopic (exact) mass is 471 g/mol. The topological polar surface area (TPSA) is 100 Å². The fourth-order valence-corrected chi connectivity index (χ4v) is 4.69. The zero-order valence-corrected chi connectivity index (χ0v) is 20.6. The maximum atomic E-state index is 12.9. The molecule has 2 atom stereocenters. The molecule has 0 aromatic rings. The van der Waals surface area contributed by atoms with Gasteiger partial charge in [0, 0.05) is 5.57 Å². The molecule has 6 nitrogen and oxygen atoms in total.